The molecule has 0 heterocycles. The van der Waals surface area contributed by atoms with Crippen molar-refractivity contribution in [2.24, 2.45) is 0 Å². The average Bonchev–Trinajstić information content (AvgIpc) is 3.04. The second-order valence-electron chi connectivity index (χ2n) is 7.07. The maximum Gasteiger partial charge on any atom is 0.246 e. The van der Waals surface area contributed by atoms with Gasteiger partial charge < -0.3 is 19.9 Å². The molecule has 5 heteroatoms. The molecule has 1 saturated carbocycles. The minimum atomic E-state index is -1.02. The van der Waals surface area contributed by atoms with Crippen LogP contribution in [0.4, 0.5) is 0 Å². The summed E-state index contributed by atoms with van der Waals surface area (Å²) < 4.78 is 11.2. The van der Waals surface area contributed by atoms with Gasteiger partial charge in [-0.2, -0.15) is 0 Å². The van der Waals surface area contributed by atoms with Gasteiger partial charge in [0.2, 0.25) is 5.91 Å². The van der Waals surface area contributed by atoms with Crippen LogP contribution in [0.1, 0.15) is 30.4 Å². The molecule has 144 valence electrons. The van der Waals surface area contributed by atoms with Gasteiger partial charge in [0.25, 0.3) is 0 Å². The number of carbonyl (C=O) groups excluding carboxylic acids is 1. The maximum absolute atomic E-state index is 12.2. The van der Waals surface area contributed by atoms with Gasteiger partial charge in [-0.25, -0.2) is 0 Å². The fraction of sp³-hybridized carbons (Fsp3) is 0.409. The zero-order valence-electron chi connectivity index (χ0n) is 15.5. The minimum absolute atomic E-state index is 0.0215. The van der Waals surface area contributed by atoms with E-state index in [1.165, 1.54) is 0 Å². The van der Waals surface area contributed by atoms with Crippen LogP contribution in [0.25, 0.3) is 0 Å². The topological polar surface area (TPSA) is 67.8 Å². The highest BCUT2D eigenvalue weighted by Crippen LogP contribution is 2.30. The summed E-state index contributed by atoms with van der Waals surface area (Å²) >= 11 is 0. The second-order valence-corrected chi connectivity index (χ2v) is 7.07. The largest absolute Gasteiger partial charge is 0.385 e. The SMILES string of the molecule is O=C(COCc1ccccc1)N[C@@H]1CCC[C@]1(O)COCc1ccccc1. The number of nitrogens with one attached hydrogen (secondary N) is 1. The summed E-state index contributed by atoms with van der Waals surface area (Å²) in [6, 6.07) is 19.3. The lowest BCUT2D eigenvalue weighted by Crippen LogP contribution is -2.52. The standard InChI is InChI=1S/C22H27NO4/c24-21(16-26-14-18-8-3-1-4-9-18)23-20-12-7-13-22(20,25)17-27-15-19-10-5-2-6-11-19/h1-6,8-11,20,25H,7,12-17H2,(H,23,24)/t20-,22+/m1/s1. The van der Waals surface area contributed by atoms with Gasteiger partial charge in [-0.1, -0.05) is 60.7 Å². The van der Waals surface area contributed by atoms with Crippen LogP contribution in [0.2, 0.25) is 0 Å². The molecule has 1 aliphatic rings. The Kier molecular flexibility index (Phi) is 6.98. The molecule has 0 unspecified atom stereocenters. The van der Waals surface area contributed by atoms with E-state index in [1.54, 1.807) is 0 Å². The van der Waals surface area contributed by atoms with Crippen LogP contribution in [0.3, 0.4) is 0 Å². The fourth-order valence-electron chi connectivity index (χ4n) is 3.43. The zero-order valence-corrected chi connectivity index (χ0v) is 15.5. The first-order valence-corrected chi connectivity index (χ1v) is 9.41. The van der Waals surface area contributed by atoms with Gasteiger partial charge in [-0.15, -0.1) is 0 Å². The molecule has 0 bridgehead atoms. The summed E-state index contributed by atoms with van der Waals surface area (Å²) in [5.74, 6) is -0.209. The Labute approximate surface area is 160 Å². The smallest absolute Gasteiger partial charge is 0.246 e. The van der Waals surface area contributed by atoms with E-state index in [4.69, 9.17) is 9.47 Å². The Morgan fingerprint density at radius 2 is 1.59 bits per heavy atom. The normalized spacial score (nSPS) is 21.9. The van der Waals surface area contributed by atoms with Gasteiger partial charge >= 0.3 is 0 Å². The molecule has 2 atom stereocenters. The van der Waals surface area contributed by atoms with Crippen molar-refractivity contribution in [3.8, 4) is 0 Å². The van der Waals surface area contributed by atoms with E-state index in [9.17, 15) is 9.90 Å². The molecule has 2 aromatic rings. The van der Waals surface area contributed by atoms with E-state index < -0.39 is 5.60 Å². The third kappa shape index (κ3) is 5.89. The first-order chi connectivity index (χ1) is 13.2. The van der Waals surface area contributed by atoms with Crippen LogP contribution in [0.15, 0.2) is 60.7 Å². The number of rotatable bonds is 9. The van der Waals surface area contributed by atoms with Gasteiger partial charge in [0.1, 0.15) is 12.2 Å². The highest BCUT2D eigenvalue weighted by molar-refractivity contribution is 5.77. The van der Waals surface area contributed by atoms with Crippen LogP contribution in [0.5, 0.6) is 0 Å². The molecule has 3 rings (SSSR count). The molecule has 0 aliphatic heterocycles. The lowest BCUT2D eigenvalue weighted by molar-refractivity contribution is -0.130. The molecule has 1 amide bonds. The Morgan fingerprint density at radius 1 is 1.00 bits per heavy atom. The maximum atomic E-state index is 12.2. The summed E-state index contributed by atoms with van der Waals surface area (Å²) in [6.45, 7) is 1.03. The molecule has 0 radical (unpaired) electrons. The highest BCUT2D eigenvalue weighted by Gasteiger charge is 2.42. The lowest BCUT2D eigenvalue weighted by Gasteiger charge is -2.30. The number of carbonyl (C=O) groups is 1. The zero-order chi connectivity index (χ0) is 19.0. The third-order valence-corrected chi connectivity index (χ3v) is 4.89. The fourth-order valence-corrected chi connectivity index (χ4v) is 3.43. The summed E-state index contributed by atoms with van der Waals surface area (Å²) in [6.07, 6.45) is 2.23. The van der Waals surface area contributed by atoms with Gasteiger partial charge in [0, 0.05) is 0 Å². The molecular weight excluding hydrogens is 342 g/mol. The Hall–Kier alpha value is -2.21. The van der Waals surface area contributed by atoms with Crippen molar-refractivity contribution in [2.75, 3.05) is 13.2 Å². The van der Waals surface area contributed by atoms with E-state index in [0.717, 1.165) is 24.0 Å². The molecule has 0 saturated heterocycles. The van der Waals surface area contributed by atoms with E-state index in [0.29, 0.717) is 19.6 Å². The average molecular weight is 369 g/mol. The van der Waals surface area contributed by atoms with Crippen molar-refractivity contribution in [2.45, 2.75) is 44.1 Å². The van der Waals surface area contributed by atoms with Crippen molar-refractivity contribution in [1.29, 1.82) is 0 Å². The Balaban J connectivity index is 1.41. The predicted octanol–water partition coefficient (Wildman–Crippen LogP) is 2.82. The number of benzene rings is 2. The number of aliphatic hydroxyl groups is 1. The van der Waals surface area contributed by atoms with Crippen LogP contribution >= 0.6 is 0 Å². The van der Waals surface area contributed by atoms with Crippen molar-refractivity contribution in [1.82, 2.24) is 5.32 Å². The van der Waals surface area contributed by atoms with Crippen molar-refractivity contribution in [3.05, 3.63) is 71.8 Å². The number of hydrogen-bond donors (Lipinski definition) is 2. The molecule has 1 aliphatic carbocycles. The summed E-state index contributed by atoms with van der Waals surface area (Å²) in [7, 11) is 0. The van der Waals surface area contributed by atoms with Crippen LogP contribution in [-0.4, -0.2) is 35.9 Å². The van der Waals surface area contributed by atoms with Gasteiger partial charge in [-0.3, -0.25) is 4.79 Å². The van der Waals surface area contributed by atoms with Crippen molar-refractivity contribution < 1.29 is 19.4 Å². The highest BCUT2D eigenvalue weighted by atomic mass is 16.5. The molecule has 5 nitrogen and oxygen atoms in total. The van der Waals surface area contributed by atoms with E-state index in [-0.39, 0.29) is 25.2 Å². The van der Waals surface area contributed by atoms with Gasteiger partial charge in [0.05, 0.1) is 25.9 Å². The summed E-state index contributed by atoms with van der Waals surface area (Å²) in [4.78, 5) is 12.2. The first-order valence-electron chi connectivity index (χ1n) is 9.41. The number of hydrogen-bond acceptors (Lipinski definition) is 4. The molecule has 1 fully saturated rings. The molecule has 0 spiro atoms. The lowest BCUT2D eigenvalue weighted by atomic mass is 9.99. The quantitative estimate of drug-likeness (QED) is 0.713. The van der Waals surface area contributed by atoms with E-state index in [2.05, 4.69) is 5.32 Å². The van der Waals surface area contributed by atoms with Crippen LogP contribution < -0.4 is 5.32 Å². The third-order valence-electron chi connectivity index (χ3n) is 4.89. The Morgan fingerprint density at radius 3 is 2.22 bits per heavy atom. The summed E-state index contributed by atoms with van der Waals surface area (Å²) in [5, 5.41) is 13.8. The number of amides is 1. The molecule has 2 aromatic carbocycles. The molecule has 27 heavy (non-hydrogen) atoms. The number of ether oxygens (including phenoxy) is 2. The van der Waals surface area contributed by atoms with Crippen molar-refractivity contribution >= 4 is 5.91 Å². The van der Waals surface area contributed by atoms with Gasteiger partial charge in [-0.05, 0) is 30.4 Å². The summed E-state index contributed by atoms with van der Waals surface area (Å²) in [5.41, 5.74) is 1.06. The van der Waals surface area contributed by atoms with Crippen LogP contribution in [0, 0.1) is 0 Å². The van der Waals surface area contributed by atoms with Gasteiger partial charge in [0.15, 0.2) is 0 Å². The monoisotopic (exact) mass is 369 g/mol. The van der Waals surface area contributed by atoms with E-state index in [1.807, 2.05) is 60.7 Å². The van der Waals surface area contributed by atoms with Crippen molar-refractivity contribution in [3.63, 3.8) is 0 Å². The molecule has 2 N–H and O–H groups in total. The second kappa shape index (κ2) is 9.65. The molecular formula is C22H27NO4. The van der Waals surface area contributed by atoms with Crippen LogP contribution in [-0.2, 0) is 27.5 Å². The van der Waals surface area contributed by atoms with E-state index >= 15 is 0 Å². The predicted molar refractivity (Wildman–Crippen MR) is 103 cm³/mol. The first kappa shape index (κ1) is 19.5. The Bertz CT molecular complexity index is 707. The minimum Gasteiger partial charge on any atom is -0.385 e. The molecule has 0 aromatic heterocycles.